The molecule has 2 heterocycles. The Labute approximate surface area is 106 Å². The van der Waals surface area contributed by atoms with E-state index >= 15 is 0 Å². The molecule has 0 radical (unpaired) electrons. The number of ether oxygens (including phenoxy) is 2. The molecular weight excluding hydrogens is 236 g/mol. The van der Waals surface area contributed by atoms with Crippen LogP contribution in [0.4, 0.5) is 4.79 Å². The number of alkyl carbamates (subject to hydrolysis) is 1. The topological polar surface area (TPSA) is 90.6 Å². The first-order chi connectivity index (χ1) is 8.28. The normalized spacial score (nSPS) is 34.4. The van der Waals surface area contributed by atoms with Gasteiger partial charge >= 0.3 is 6.09 Å². The number of nitrogens with one attached hydrogen (secondary N) is 1. The number of hydrogen-bond acceptors (Lipinski definition) is 4. The Balaban J connectivity index is 2.00. The van der Waals surface area contributed by atoms with Gasteiger partial charge in [0.2, 0.25) is 5.91 Å². The van der Waals surface area contributed by atoms with Gasteiger partial charge in [0.05, 0.1) is 24.2 Å². The van der Waals surface area contributed by atoms with E-state index in [1.165, 1.54) is 0 Å². The number of amides is 2. The second-order valence-electron chi connectivity index (χ2n) is 5.89. The number of carbonyl (C=O) groups is 2. The summed E-state index contributed by atoms with van der Waals surface area (Å²) < 4.78 is 10.8. The third-order valence-corrected chi connectivity index (χ3v) is 3.29. The van der Waals surface area contributed by atoms with Crippen LogP contribution >= 0.6 is 0 Å². The quantitative estimate of drug-likeness (QED) is 0.754. The maximum Gasteiger partial charge on any atom is 0.407 e. The van der Waals surface area contributed by atoms with E-state index in [-0.39, 0.29) is 18.2 Å². The standard InChI is InChI=1S/C12H20N2O4/c1-12(2,3)18-11(16)14-9-7-5-4-6(17-7)8(9)10(13)15/h6-9H,4-5H2,1-3H3,(H2,13,15)(H,14,16)/t6-,7+,8?,9+/m0/s1. The molecule has 6 nitrogen and oxygen atoms in total. The van der Waals surface area contributed by atoms with Crippen LogP contribution in [0.2, 0.25) is 0 Å². The second kappa shape index (κ2) is 4.42. The van der Waals surface area contributed by atoms with Gasteiger partial charge < -0.3 is 20.5 Å². The summed E-state index contributed by atoms with van der Waals surface area (Å²) >= 11 is 0. The predicted octanol–water partition coefficient (Wildman–Crippen LogP) is 0.542. The van der Waals surface area contributed by atoms with Crippen molar-refractivity contribution in [1.82, 2.24) is 5.32 Å². The largest absolute Gasteiger partial charge is 0.444 e. The molecule has 0 aromatic carbocycles. The van der Waals surface area contributed by atoms with Crippen LogP contribution in [-0.4, -0.2) is 35.9 Å². The summed E-state index contributed by atoms with van der Waals surface area (Å²) in [5.74, 6) is -0.875. The van der Waals surface area contributed by atoms with E-state index in [2.05, 4.69) is 5.32 Å². The summed E-state index contributed by atoms with van der Waals surface area (Å²) in [6.45, 7) is 5.36. The van der Waals surface area contributed by atoms with Crippen molar-refractivity contribution in [2.75, 3.05) is 0 Å². The number of primary amides is 1. The summed E-state index contributed by atoms with van der Waals surface area (Å²) in [7, 11) is 0. The van der Waals surface area contributed by atoms with Gasteiger partial charge in [-0.3, -0.25) is 4.79 Å². The van der Waals surface area contributed by atoms with E-state index < -0.39 is 23.5 Å². The zero-order valence-electron chi connectivity index (χ0n) is 10.9. The minimum absolute atomic E-state index is 0.125. The van der Waals surface area contributed by atoms with E-state index in [1.807, 2.05) is 0 Å². The maximum atomic E-state index is 11.7. The lowest BCUT2D eigenvalue weighted by molar-refractivity contribution is -0.123. The van der Waals surface area contributed by atoms with Crippen molar-refractivity contribution >= 4 is 12.0 Å². The molecule has 18 heavy (non-hydrogen) atoms. The molecule has 0 aliphatic carbocycles. The summed E-state index contributed by atoms with van der Waals surface area (Å²) in [6, 6.07) is -0.365. The molecule has 102 valence electrons. The van der Waals surface area contributed by atoms with Gasteiger partial charge in [0, 0.05) is 0 Å². The number of fused-ring (bicyclic) bond motifs is 2. The molecule has 0 aromatic rings. The van der Waals surface area contributed by atoms with Crippen LogP contribution in [0, 0.1) is 5.92 Å². The average molecular weight is 256 g/mol. The molecular formula is C12H20N2O4. The van der Waals surface area contributed by atoms with Crippen LogP contribution in [0.3, 0.4) is 0 Å². The smallest absolute Gasteiger partial charge is 0.407 e. The molecule has 2 amide bonds. The Bertz CT molecular complexity index is 364. The first-order valence-electron chi connectivity index (χ1n) is 6.22. The number of hydrogen-bond donors (Lipinski definition) is 2. The zero-order chi connectivity index (χ0) is 13.5. The molecule has 2 aliphatic rings. The third kappa shape index (κ3) is 2.58. The van der Waals surface area contributed by atoms with Crippen molar-refractivity contribution in [3.63, 3.8) is 0 Å². The van der Waals surface area contributed by atoms with Crippen LogP contribution in [0.1, 0.15) is 33.6 Å². The monoisotopic (exact) mass is 256 g/mol. The highest BCUT2D eigenvalue weighted by Gasteiger charge is 2.52. The molecule has 4 atom stereocenters. The van der Waals surface area contributed by atoms with E-state index in [0.29, 0.717) is 0 Å². The second-order valence-corrected chi connectivity index (χ2v) is 5.89. The Hall–Kier alpha value is -1.30. The maximum absolute atomic E-state index is 11.7. The Morgan fingerprint density at radius 3 is 2.44 bits per heavy atom. The van der Waals surface area contributed by atoms with Crippen molar-refractivity contribution in [1.29, 1.82) is 0 Å². The van der Waals surface area contributed by atoms with Gasteiger partial charge in [0.25, 0.3) is 0 Å². The van der Waals surface area contributed by atoms with Crippen LogP contribution in [0.25, 0.3) is 0 Å². The molecule has 2 aliphatic heterocycles. The molecule has 0 saturated carbocycles. The fraction of sp³-hybridized carbons (Fsp3) is 0.833. The van der Waals surface area contributed by atoms with Crippen molar-refractivity contribution in [3.05, 3.63) is 0 Å². The highest BCUT2D eigenvalue weighted by atomic mass is 16.6. The Morgan fingerprint density at radius 1 is 1.28 bits per heavy atom. The molecule has 2 fully saturated rings. The Morgan fingerprint density at radius 2 is 1.89 bits per heavy atom. The van der Waals surface area contributed by atoms with Crippen LogP contribution in [0.15, 0.2) is 0 Å². The lowest BCUT2D eigenvalue weighted by Gasteiger charge is -2.28. The summed E-state index contributed by atoms with van der Waals surface area (Å²) in [6.07, 6.45) is 0.849. The summed E-state index contributed by atoms with van der Waals surface area (Å²) in [5.41, 5.74) is 4.80. The molecule has 3 N–H and O–H groups in total. The first-order valence-corrected chi connectivity index (χ1v) is 6.22. The lowest BCUT2D eigenvalue weighted by atomic mass is 9.84. The minimum atomic E-state index is -0.565. The van der Waals surface area contributed by atoms with Gasteiger partial charge in [-0.1, -0.05) is 0 Å². The van der Waals surface area contributed by atoms with Crippen LogP contribution in [-0.2, 0) is 14.3 Å². The van der Waals surface area contributed by atoms with E-state index in [4.69, 9.17) is 15.2 Å². The van der Waals surface area contributed by atoms with Gasteiger partial charge in [0.1, 0.15) is 5.60 Å². The number of carbonyl (C=O) groups excluding carboxylic acids is 2. The lowest BCUT2D eigenvalue weighted by Crippen LogP contribution is -2.52. The summed E-state index contributed by atoms with van der Waals surface area (Å²) in [4.78, 5) is 23.1. The zero-order valence-corrected chi connectivity index (χ0v) is 10.9. The molecule has 2 saturated heterocycles. The molecule has 6 heteroatoms. The van der Waals surface area contributed by atoms with Crippen molar-refractivity contribution in [3.8, 4) is 0 Å². The molecule has 2 rings (SSSR count). The minimum Gasteiger partial charge on any atom is -0.444 e. The number of rotatable bonds is 2. The van der Waals surface area contributed by atoms with Gasteiger partial charge in [-0.2, -0.15) is 0 Å². The van der Waals surface area contributed by atoms with Gasteiger partial charge in [-0.05, 0) is 33.6 Å². The van der Waals surface area contributed by atoms with E-state index in [0.717, 1.165) is 12.8 Å². The first kappa shape index (κ1) is 13.1. The SMILES string of the molecule is CC(C)(C)OC(=O)N[C@H]1C(C(N)=O)[C@@H]2CC[C@H]1O2. The van der Waals surface area contributed by atoms with Crippen LogP contribution in [0.5, 0.6) is 0 Å². The Kier molecular flexibility index (Phi) is 3.23. The molecule has 0 spiro atoms. The summed E-state index contributed by atoms with van der Waals surface area (Å²) in [5, 5.41) is 2.71. The third-order valence-electron chi connectivity index (χ3n) is 3.29. The number of nitrogens with two attached hydrogens (primary N) is 1. The molecule has 2 bridgehead atoms. The highest BCUT2D eigenvalue weighted by Crippen LogP contribution is 2.39. The van der Waals surface area contributed by atoms with Gasteiger partial charge in [-0.25, -0.2) is 4.79 Å². The van der Waals surface area contributed by atoms with Crippen molar-refractivity contribution in [2.24, 2.45) is 11.7 Å². The molecule has 1 unspecified atom stereocenters. The fourth-order valence-electron chi connectivity index (χ4n) is 2.67. The van der Waals surface area contributed by atoms with Gasteiger partial charge in [-0.15, -0.1) is 0 Å². The van der Waals surface area contributed by atoms with E-state index in [9.17, 15) is 9.59 Å². The highest BCUT2D eigenvalue weighted by molar-refractivity contribution is 5.80. The van der Waals surface area contributed by atoms with Crippen molar-refractivity contribution < 1.29 is 19.1 Å². The average Bonchev–Trinajstić information content (AvgIpc) is 2.73. The molecule has 0 aromatic heterocycles. The fourth-order valence-corrected chi connectivity index (χ4v) is 2.67. The van der Waals surface area contributed by atoms with E-state index in [1.54, 1.807) is 20.8 Å². The van der Waals surface area contributed by atoms with Crippen molar-refractivity contribution in [2.45, 2.75) is 57.5 Å². The van der Waals surface area contributed by atoms with Gasteiger partial charge in [0.15, 0.2) is 0 Å². The van der Waals surface area contributed by atoms with Crippen LogP contribution < -0.4 is 11.1 Å². The predicted molar refractivity (Wildman–Crippen MR) is 63.7 cm³/mol.